The Bertz CT molecular complexity index is 4470. The van der Waals surface area contributed by atoms with E-state index in [4.69, 9.17) is 0 Å². The first kappa shape index (κ1) is 41.9. The zero-order chi connectivity index (χ0) is 49.6. The summed E-state index contributed by atoms with van der Waals surface area (Å²) in [6.45, 7) is 0. The Morgan fingerprint density at radius 2 is 0.526 bits per heavy atom. The van der Waals surface area contributed by atoms with Crippen molar-refractivity contribution in [2.24, 2.45) is 0 Å². The van der Waals surface area contributed by atoms with Crippen LogP contribution < -0.4 is 9.80 Å². The Balaban J connectivity index is 1.05. The van der Waals surface area contributed by atoms with Crippen LogP contribution in [0.5, 0.6) is 0 Å². The third-order valence-corrected chi connectivity index (χ3v) is 17.5. The summed E-state index contributed by atoms with van der Waals surface area (Å²) in [5.41, 5.74) is 17.7. The monoisotopic (exact) mass is 964 g/mol. The minimum Gasteiger partial charge on any atom is -0.310 e. The van der Waals surface area contributed by atoms with Crippen molar-refractivity contribution in [1.29, 1.82) is 0 Å². The molecule has 0 N–H and O–H groups in total. The maximum absolute atomic E-state index is 2.54. The van der Waals surface area contributed by atoms with E-state index in [0.717, 1.165) is 37.1 Å². The van der Waals surface area contributed by atoms with Crippen LogP contribution in [-0.4, -0.2) is 0 Å². The molecule has 2 heterocycles. The lowest BCUT2D eigenvalue weighted by Crippen LogP contribution is -2.12. The lowest BCUT2D eigenvalue weighted by Gasteiger charge is -2.29. The highest BCUT2D eigenvalue weighted by Gasteiger charge is 2.28. The van der Waals surface area contributed by atoms with Crippen LogP contribution in [-0.2, 0) is 25.7 Å². The molecule has 0 saturated heterocycles. The molecule has 2 aliphatic rings. The second kappa shape index (κ2) is 16.0. The molecule has 0 spiro atoms. The Labute approximate surface area is 440 Å². The summed E-state index contributed by atoms with van der Waals surface area (Å²) in [6.07, 6.45) is 3.96. The van der Waals surface area contributed by atoms with Gasteiger partial charge in [0.05, 0.1) is 0 Å². The van der Waals surface area contributed by atoms with Crippen LogP contribution in [0.2, 0.25) is 0 Å². The van der Waals surface area contributed by atoms with E-state index in [0.29, 0.717) is 0 Å². The van der Waals surface area contributed by atoms with Crippen molar-refractivity contribution < 1.29 is 0 Å². The smallest absolute Gasteiger partial charge is 0.0493 e. The number of aryl methyl sites for hydroxylation is 4. The molecule has 2 nitrogen and oxygen atoms in total. The number of rotatable bonds is 4. The highest BCUT2D eigenvalue weighted by Crippen LogP contribution is 2.53. The number of hydrogen-bond donors (Lipinski definition) is 0. The predicted molar refractivity (Wildman–Crippen MR) is 324 cm³/mol. The quantitative estimate of drug-likeness (QED) is 0.128. The zero-order valence-corrected chi connectivity index (χ0v) is 41.8. The first-order chi connectivity index (χ1) is 37.7. The fraction of sp³-hybridized carbons (Fsp3) is 0.0541. The molecule has 0 bridgehead atoms. The summed E-state index contributed by atoms with van der Waals surface area (Å²) in [7, 11) is 0. The number of hydrogen-bond acceptors (Lipinski definition) is 2. The van der Waals surface area contributed by atoms with Gasteiger partial charge in [-0.15, -0.1) is 0 Å². The van der Waals surface area contributed by atoms with Crippen LogP contribution in [0.3, 0.4) is 0 Å². The summed E-state index contributed by atoms with van der Waals surface area (Å²) in [5.74, 6) is 0. The first-order valence-electron chi connectivity index (χ1n) is 27.0. The van der Waals surface area contributed by atoms with E-state index in [1.807, 2.05) is 0 Å². The van der Waals surface area contributed by atoms with Crippen LogP contribution in [0.4, 0.5) is 34.1 Å². The molecule has 0 atom stereocenters. The molecule has 76 heavy (non-hydrogen) atoms. The summed E-state index contributed by atoms with van der Waals surface area (Å²) in [5, 5.41) is 20.4. The Morgan fingerprint density at radius 1 is 0.224 bits per heavy atom. The van der Waals surface area contributed by atoms with Gasteiger partial charge in [0.1, 0.15) is 0 Å². The van der Waals surface area contributed by atoms with Gasteiger partial charge in [-0.25, -0.2) is 0 Å². The van der Waals surface area contributed by atoms with Gasteiger partial charge in [-0.05, 0) is 205 Å². The molecule has 15 aromatic rings. The predicted octanol–water partition coefficient (Wildman–Crippen LogP) is 20.3. The second-order valence-electron chi connectivity index (χ2n) is 21.3. The van der Waals surface area contributed by atoms with E-state index in [1.54, 1.807) is 0 Å². The molecule has 2 heteroatoms. The van der Waals surface area contributed by atoms with Gasteiger partial charge in [0.15, 0.2) is 0 Å². The minimum absolute atomic E-state index is 0.989. The molecule has 0 aromatic heterocycles. The molecule has 17 rings (SSSR count). The lowest BCUT2D eigenvalue weighted by molar-refractivity contribution is 0.977. The normalized spacial score (nSPS) is 13.5. The topological polar surface area (TPSA) is 6.48 Å². The van der Waals surface area contributed by atoms with Gasteiger partial charge in [-0.1, -0.05) is 194 Å². The van der Waals surface area contributed by atoms with E-state index in [9.17, 15) is 0 Å². The molecule has 354 valence electrons. The molecule has 0 fully saturated rings. The maximum Gasteiger partial charge on any atom is 0.0493 e. The van der Waals surface area contributed by atoms with E-state index in [-0.39, 0.29) is 0 Å². The molecule has 0 amide bonds. The van der Waals surface area contributed by atoms with Gasteiger partial charge in [-0.2, -0.15) is 0 Å². The van der Waals surface area contributed by atoms with Crippen LogP contribution >= 0.6 is 0 Å². The van der Waals surface area contributed by atoms with Crippen molar-refractivity contribution >= 4 is 120 Å². The maximum atomic E-state index is 2.54. The Kier molecular flexibility index (Phi) is 8.83. The number of benzene rings is 15. The molecule has 0 unspecified atom stereocenters. The highest BCUT2D eigenvalue weighted by molar-refractivity contribution is 6.32. The number of fused-ring (bicyclic) bond motifs is 6. The largest absolute Gasteiger partial charge is 0.310 e. The molecule has 2 aliphatic heterocycles. The average Bonchev–Trinajstić information content (AvgIpc) is 3.76. The van der Waals surface area contributed by atoms with Crippen LogP contribution in [0.1, 0.15) is 22.3 Å². The van der Waals surface area contributed by atoms with Gasteiger partial charge in [-0.3, -0.25) is 0 Å². The third kappa shape index (κ3) is 5.98. The molecule has 0 radical (unpaired) electrons. The van der Waals surface area contributed by atoms with Gasteiger partial charge < -0.3 is 9.80 Å². The Hall–Kier alpha value is -9.50. The van der Waals surface area contributed by atoms with Crippen molar-refractivity contribution in [1.82, 2.24) is 0 Å². The van der Waals surface area contributed by atoms with Gasteiger partial charge in [0.2, 0.25) is 0 Å². The van der Waals surface area contributed by atoms with Crippen LogP contribution in [0.15, 0.2) is 243 Å². The van der Waals surface area contributed by atoms with Gasteiger partial charge in [0, 0.05) is 34.1 Å². The summed E-state index contributed by atoms with van der Waals surface area (Å²) in [6, 6.07) is 92.8. The zero-order valence-electron chi connectivity index (χ0n) is 41.8. The molecule has 0 aliphatic carbocycles. The van der Waals surface area contributed by atoms with E-state index < -0.39 is 0 Å². The lowest BCUT2D eigenvalue weighted by atomic mass is 9.81. The van der Waals surface area contributed by atoms with E-state index in [1.165, 1.54) is 153 Å². The van der Waals surface area contributed by atoms with Gasteiger partial charge >= 0.3 is 0 Å². The third-order valence-electron chi connectivity index (χ3n) is 17.5. The molecule has 15 aromatic carbocycles. The fourth-order valence-corrected chi connectivity index (χ4v) is 14.1. The van der Waals surface area contributed by atoms with Crippen LogP contribution in [0.25, 0.3) is 108 Å². The summed E-state index contributed by atoms with van der Waals surface area (Å²) >= 11 is 0. The second-order valence-corrected chi connectivity index (χ2v) is 21.3. The summed E-state index contributed by atoms with van der Waals surface area (Å²) in [4.78, 5) is 5.09. The van der Waals surface area contributed by atoms with E-state index in [2.05, 4.69) is 252 Å². The van der Waals surface area contributed by atoms with E-state index >= 15 is 0 Å². The summed E-state index contributed by atoms with van der Waals surface area (Å²) < 4.78 is 0. The van der Waals surface area contributed by atoms with Crippen molar-refractivity contribution in [3.8, 4) is 22.3 Å². The fourth-order valence-electron chi connectivity index (χ4n) is 14.1. The van der Waals surface area contributed by atoms with Gasteiger partial charge in [0.25, 0.3) is 0 Å². The minimum atomic E-state index is 0.989. The molecule has 0 saturated carbocycles. The SMILES string of the molecule is c1ccc2c(c1)CCc1ccccc1N2c1ccc2c(-c3ccc4ccc5cccc6ccc3c4c56)c3cc(N4c5ccccc5CCc5ccccc54)ccc3c(-c3ccc4ccc5cccc6ccc3c4c56)c2c1. The highest BCUT2D eigenvalue weighted by atomic mass is 15.2. The van der Waals surface area contributed by atoms with Crippen molar-refractivity contribution in [2.45, 2.75) is 25.7 Å². The molecular weight excluding hydrogens is 917 g/mol. The van der Waals surface area contributed by atoms with Crippen molar-refractivity contribution in [3.63, 3.8) is 0 Å². The van der Waals surface area contributed by atoms with Crippen molar-refractivity contribution in [2.75, 3.05) is 9.80 Å². The first-order valence-corrected chi connectivity index (χ1v) is 27.0. The standard InChI is InChI=1S/C74H48N2/c1-5-19-65-45(11-1)23-24-46-12-2-6-20-66(46)75(65)55-35-41-61-63(43-55)73(59-39-33-53-29-27-49-15-9-17-51-31-37-57(59)71(53)69(49)51)62-42-36-56(76-67-21-7-3-13-47(67)25-26-48-14-4-8-22-68(48)76)44-64(62)74(61)60-40-34-54-30-28-50-16-10-18-52-32-38-58(60)72(54)70(50)52/h1-22,27-44H,23-26H2. The number of nitrogens with zero attached hydrogens (tertiary/aromatic N) is 2. The average molecular weight is 965 g/mol. The molecular formula is C74H48N2. The number of anilines is 6. The number of para-hydroxylation sites is 4. The van der Waals surface area contributed by atoms with Crippen molar-refractivity contribution in [3.05, 3.63) is 265 Å². The van der Waals surface area contributed by atoms with Crippen LogP contribution in [0, 0.1) is 0 Å². The Morgan fingerprint density at radius 3 is 0.895 bits per heavy atom.